The van der Waals surface area contributed by atoms with Gasteiger partial charge in [-0.25, -0.2) is 0 Å². The van der Waals surface area contributed by atoms with Crippen LogP contribution in [0.15, 0.2) is 0 Å². The molecule has 7 nitrogen and oxygen atoms in total. The van der Waals surface area contributed by atoms with Gasteiger partial charge in [-0.15, -0.1) is 0 Å². The molecule has 1 rings (SSSR count). The van der Waals surface area contributed by atoms with E-state index < -0.39 is 36.4 Å². The molecule has 0 saturated heterocycles. The summed E-state index contributed by atoms with van der Waals surface area (Å²) in [7, 11) is 1.42. The molecule has 0 aromatic carbocycles. The van der Waals surface area contributed by atoms with Gasteiger partial charge in [0, 0.05) is 25.4 Å². The van der Waals surface area contributed by atoms with E-state index in [9.17, 15) is 20.1 Å². The number of aliphatic hydroxyl groups is 4. The summed E-state index contributed by atoms with van der Waals surface area (Å²) in [5.41, 5.74) is 0. The zero-order valence-electron chi connectivity index (χ0n) is 11.6. The lowest BCUT2D eigenvalue weighted by Crippen LogP contribution is -2.37. The second-order valence-electron chi connectivity index (χ2n) is 5.11. The molecule has 7 heteroatoms. The summed E-state index contributed by atoms with van der Waals surface area (Å²) >= 11 is 0. The van der Waals surface area contributed by atoms with E-state index in [0.29, 0.717) is 6.29 Å². The van der Waals surface area contributed by atoms with E-state index in [1.807, 2.05) is 0 Å². The predicted molar refractivity (Wildman–Crippen MR) is 68.8 cm³/mol. The molecule has 1 fully saturated rings. The Morgan fingerprint density at radius 1 is 1.35 bits per heavy atom. The lowest BCUT2D eigenvalue weighted by atomic mass is 9.90. The number of carbonyl (C=O) groups is 1. The van der Waals surface area contributed by atoms with Gasteiger partial charge in [-0.2, -0.15) is 0 Å². The Labute approximate surface area is 118 Å². The average molecular weight is 292 g/mol. The lowest BCUT2D eigenvalue weighted by Gasteiger charge is -2.29. The molecule has 0 aliphatic heterocycles. The first-order chi connectivity index (χ1) is 9.54. The topological polar surface area (TPSA) is 116 Å². The van der Waals surface area contributed by atoms with Crippen LogP contribution in [-0.2, 0) is 14.3 Å². The van der Waals surface area contributed by atoms with E-state index in [4.69, 9.17) is 14.6 Å². The lowest BCUT2D eigenvalue weighted by molar-refractivity contribution is -0.185. The number of hydrogen-bond acceptors (Lipinski definition) is 7. The summed E-state index contributed by atoms with van der Waals surface area (Å²) in [6, 6.07) is 0. The van der Waals surface area contributed by atoms with Crippen molar-refractivity contribution in [3.63, 3.8) is 0 Å². The predicted octanol–water partition coefficient (Wildman–Crippen LogP) is -1.33. The highest BCUT2D eigenvalue weighted by Crippen LogP contribution is 2.38. The first kappa shape index (κ1) is 17.5. The van der Waals surface area contributed by atoms with Crippen LogP contribution in [0.5, 0.6) is 0 Å². The summed E-state index contributed by atoms with van der Waals surface area (Å²) < 4.78 is 10.7. The number of aldehydes is 1. The van der Waals surface area contributed by atoms with E-state index in [2.05, 4.69) is 0 Å². The van der Waals surface area contributed by atoms with E-state index in [-0.39, 0.29) is 32.5 Å². The van der Waals surface area contributed by atoms with Crippen molar-refractivity contribution in [2.24, 2.45) is 11.8 Å². The van der Waals surface area contributed by atoms with Crippen molar-refractivity contribution in [1.29, 1.82) is 0 Å². The van der Waals surface area contributed by atoms with Crippen LogP contribution >= 0.6 is 0 Å². The SMILES string of the molecule is COC(OCCC(O)CO)[C@@H]1[C@H](O)CC(O)[C@@H]1CC=O. The third-order valence-electron chi connectivity index (χ3n) is 3.77. The molecule has 0 bridgehead atoms. The van der Waals surface area contributed by atoms with Gasteiger partial charge < -0.3 is 34.7 Å². The van der Waals surface area contributed by atoms with Crippen molar-refractivity contribution in [3.05, 3.63) is 0 Å². The van der Waals surface area contributed by atoms with Gasteiger partial charge in [0.25, 0.3) is 0 Å². The Balaban J connectivity index is 2.59. The van der Waals surface area contributed by atoms with Crippen LogP contribution in [0.25, 0.3) is 0 Å². The summed E-state index contributed by atoms with van der Waals surface area (Å²) in [5.74, 6) is -0.901. The number of methoxy groups -OCH3 is 1. The first-order valence-electron chi connectivity index (χ1n) is 6.78. The third-order valence-corrected chi connectivity index (χ3v) is 3.77. The number of hydrogen-bond donors (Lipinski definition) is 4. The monoisotopic (exact) mass is 292 g/mol. The molecule has 0 spiro atoms. The Morgan fingerprint density at radius 2 is 2.05 bits per heavy atom. The molecule has 0 radical (unpaired) electrons. The molecule has 118 valence electrons. The van der Waals surface area contributed by atoms with Crippen LogP contribution in [0.2, 0.25) is 0 Å². The minimum absolute atomic E-state index is 0.130. The molecule has 20 heavy (non-hydrogen) atoms. The summed E-state index contributed by atoms with van der Waals surface area (Å²) in [6.45, 7) is -0.201. The maximum atomic E-state index is 10.7. The van der Waals surface area contributed by atoms with Crippen molar-refractivity contribution >= 4 is 6.29 Å². The Bertz CT molecular complexity index is 286. The molecular weight excluding hydrogens is 268 g/mol. The van der Waals surface area contributed by atoms with Crippen molar-refractivity contribution in [1.82, 2.24) is 0 Å². The molecule has 0 aromatic heterocycles. The molecule has 1 aliphatic carbocycles. The number of aliphatic hydroxyl groups excluding tert-OH is 4. The van der Waals surface area contributed by atoms with Gasteiger partial charge in [0.2, 0.25) is 0 Å². The highest BCUT2D eigenvalue weighted by atomic mass is 16.7. The number of carbonyl (C=O) groups excluding carboxylic acids is 1. The van der Waals surface area contributed by atoms with Gasteiger partial charge >= 0.3 is 0 Å². The van der Waals surface area contributed by atoms with Crippen molar-refractivity contribution in [3.8, 4) is 0 Å². The van der Waals surface area contributed by atoms with E-state index in [0.717, 1.165) is 0 Å². The smallest absolute Gasteiger partial charge is 0.162 e. The Kier molecular flexibility index (Phi) is 7.57. The van der Waals surface area contributed by atoms with Crippen molar-refractivity contribution < 1.29 is 34.7 Å². The van der Waals surface area contributed by atoms with Crippen LogP contribution in [0.4, 0.5) is 0 Å². The number of ether oxygens (including phenoxy) is 2. The van der Waals surface area contributed by atoms with Crippen LogP contribution in [0, 0.1) is 11.8 Å². The molecule has 4 N–H and O–H groups in total. The van der Waals surface area contributed by atoms with E-state index >= 15 is 0 Å². The minimum atomic E-state index is -0.864. The van der Waals surface area contributed by atoms with E-state index in [1.54, 1.807) is 0 Å². The second-order valence-corrected chi connectivity index (χ2v) is 5.11. The van der Waals surface area contributed by atoms with Gasteiger partial charge in [-0.05, 0) is 12.8 Å². The molecule has 1 aliphatic rings. The summed E-state index contributed by atoms with van der Waals surface area (Å²) in [5, 5.41) is 37.8. The summed E-state index contributed by atoms with van der Waals surface area (Å²) in [4.78, 5) is 10.7. The van der Waals surface area contributed by atoms with Gasteiger partial charge in [0.05, 0.1) is 31.5 Å². The highest BCUT2D eigenvalue weighted by Gasteiger charge is 2.46. The van der Waals surface area contributed by atoms with Gasteiger partial charge in [0.15, 0.2) is 6.29 Å². The molecule has 0 heterocycles. The maximum Gasteiger partial charge on any atom is 0.162 e. The highest BCUT2D eigenvalue weighted by molar-refractivity contribution is 5.50. The largest absolute Gasteiger partial charge is 0.394 e. The van der Waals surface area contributed by atoms with Gasteiger partial charge in [-0.1, -0.05) is 0 Å². The summed E-state index contributed by atoms with van der Waals surface area (Å²) in [6.07, 6.45) is -1.93. The fraction of sp³-hybridized carbons (Fsp3) is 0.923. The van der Waals surface area contributed by atoms with Crippen LogP contribution in [0.3, 0.4) is 0 Å². The average Bonchev–Trinajstić information content (AvgIpc) is 2.70. The quantitative estimate of drug-likeness (QED) is 0.307. The molecule has 0 aromatic rings. The van der Waals surface area contributed by atoms with Crippen LogP contribution in [-0.4, -0.2) is 71.6 Å². The fourth-order valence-corrected chi connectivity index (χ4v) is 2.68. The van der Waals surface area contributed by atoms with Crippen molar-refractivity contribution in [2.45, 2.75) is 43.9 Å². The molecule has 3 unspecified atom stereocenters. The maximum absolute atomic E-state index is 10.7. The normalized spacial score (nSPS) is 33.0. The van der Waals surface area contributed by atoms with Crippen LogP contribution < -0.4 is 0 Å². The molecule has 1 saturated carbocycles. The second kappa shape index (κ2) is 8.66. The molecular formula is C13H24O7. The zero-order valence-corrected chi connectivity index (χ0v) is 11.6. The fourth-order valence-electron chi connectivity index (χ4n) is 2.68. The van der Waals surface area contributed by atoms with Crippen molar-refractivity contribution in [2.75, 3.05) is 20.3 Å². The van der Waals surface area contributed by atoms with Crippen LogP contribution in [0.1, 0.15) is 19.3 Å². The molecule has 6 atom stereocenters. The zero-order chi connectivity index (χ0) is 15.1. The van der Waals surface area contributed by atoms with E-state index in [1.165, 1.54) is 7.11 Å². The minimum Gasteiger partial charge on any atom is -0.394 e. The number of rotatable bonds is 9. The third kappa shape index (κ3) is 4.47. The Hall–Kier alpha value is -0.570. The standard InChI is InChI=1S/C13H24O7/c1-19-13(20-5-3-8(16)7-15)12-9(2-4-14)10(17)6-11(12)18/h4,8-13,15-18H,2-3,5-7H2,1H3/t8?,9-,10?,11+,12-,13?/m0/s1. The van der Waals surface area contributed by atoms with Gasteiger partial charge in [0.1, 0.15) is 6.29 Å². The molecule has 0 amide bonds. The first-order valence-corrected chi connectivity index (χ1v) is 6.78. The van der Waals surface area contributed by atoms with Gasteiger partial charge in [-0.3, -0.25) is 0 Å². The Morgan fingerprint density at radius 3 is 2.60 bits per heavy atom.